The van der Waals surface area contributed by atoms with Gasteiger partial charge in [0.2, 0.25) is 17.8 Å². The van der Waals surface area contributed by atoms with Gasteiger partial charge in [0.25, 0.3) is 0 Å². The fourth-order valence-electron chi connectivity index (χ4n) is 3.31. The summed E-state index contributed by atoms with van der Waals surface area (Å²) in [4.78, 5) is 18.1. The van der Waals surface area contributed by atoms with Crippen molar-refractivity contribution < 1.29 is 5.11 Å². The van der Waals surface area contributed by atoms with Crippen LogP contribution in [0, 0.1) is 0 Å². The number of hydrogen-bond donors (Lipinski definition) is 2. The molecule has 2 N–H and O–H groups in total. The number of hydrogen-bond acceptors (Lipinski definition) is 8. The number of hydrazone groups is 1. The Kier molecular flexibility index (Phi) is 5.38. The number of aromatic nitrogens is 3. The molecule has 3 heterocycles. The van der Waals surface area contributed by atoms with E-state index in [4.69, 9.17) is 0 Å². The summed E-state index contributed by atoms with van der Waals surface area (Å²) in [7, 11) is 0. The van der Waals surface area contributed by atoms with Gasteiger partial charge < -0.3 is 14.9 Å². The molecule has 2 aromatic rings. The highest BCUT2D eigenvalue weighted by Gasteiger charge is 2.21. The smallest absolute Gasteiger partial charge is 0.250 e. The summed E-state index contributed by atoms with van der Waals surface area (Å²) in [5.41, 5.74) is 3.50. The van der Waals surface area contributed by atoms with Crippen molar-refractivity contribution in [3.63, 3.8) is 0 Å². The molecule has 0 aliphatic carbocycles. The zero-order valence-electron chi connectivity index (χ0n) is 15.0. The third kappa shape index (κ3) is 4.29. The molecule has 2 aliphatic heterocycles. The van der Waals surface area contributed by atoms with Crippen molar-refractivity contribution >= 4 is 40.0 Å². The van der Waals surface area contributed by atoms with Crippen LogP contribution in [-0.4, -0.2) is 52.5 Å². The van der Waals surface area contributed by atoms with Crippen molar-refractivity contribution in [1.29, 1.82) is 0 Å². The predicted molar refractivity (Wildman–Crippen MR) is 110 cm³/mol. The molecule has 2 saturated heterocycles. The molecule has 0 atom stereocenters. The third-order valence-electron chi connectivity index (χ3n) is 4.75. The fraction of sp³-hybridized carbons (Fsp3) is 0.444. The Bertz CT molecular complexity index is 798. The molecule has 27 heavy (non-hydrogen) atoms. The molecule has 0 saturated carbocycles. The molecule has 9 heteroatoms. The zero-order valence-corrected chi connectivity index (χ0v) is 16.6. The maximum Gasteiger partial charge on any atom is 0.250 e. The highest BCUT2D eigenvalue weighted by molar-refractivity contribution is 9.10. The molecule has 1 aromatic carbocycles. The van der Waals surface area contributed by atoms with Gasteiger partial charge in [0.1, 0.15) is 5.75 Å². The van der Waals surface area contributed by atoms with Crippen molar-refractivity contribution in [2.75, 3.05) is 41.4 Å². The third-order valence-corrected chi connectivity index (χ3v) is 5.24. The van der Waals surface area contributed by atoms with Gasteiger partial charge in [-0.25, -0.2) is 5.43 Å². The van der Waals surface area contributed by atoms with Crippen LogP contribution in [-0.2, 0) is 0 Å². The predicted octanol–water partition coefficient (Wildman–Crippen LogP) is 2.99. The number of halogens is 1. The Balaban J connectivity index is 1.56. The summed E-state index contributed by atoms with van der Waals surface area (Å²) in [5.74, 6) is 1.98. The van der Waals surface area contributed by atoms with Crippen LogP contribution in [0.15, 0.2) is 27.8 Å². The molecular weight excluding hydrogens is 410 g/mol. The van der Waals surface area contributed by atoms with Crippen molar-refractivity contribution in [1.82, 2.24) is 15.0 Å². The van der Waals surface area contributed by atoms with E-state index in [0.29, 0.717) is 23.4 Å². The Morgan fingerprint density at radius 2 is 1.56 bits per heavy atom. The molecule has 0 radical (unpaired) electrons. The first-order valence-electron chi connectivity index (χ1n) is 9.22. The lowest BCUT2D eigenvalue weighted by molar-refractivity contribution is 0.474. The van der Waals surface area contributed by atoms with E-state index in [-0.39, 0.29) is 5.75 Å². The standard InChI is InChI=1S/C18H22BrN7O/c19-14-5-6-15(27)13(11-14)12-20-24-16-21-17(25-7-1-2-8-25)23-18(22-16)26-9-3-4-10-26/h5-6,11-12,27H,1-4,7-10H2,(H,21,22,23,24)/b20-12+. The van der Waals surface area contributed by atoms with Crippen molar-refractivity contribution in [2.45, 2.75) is 25.7 Å². The Labute approximate surface area is 166 Å². The molecule has 4 rings (SSSR count). The monoisotopic (exact) mass is 431 g/mol. The summed E-state index contributed by atoms with van der Waals surface area (Å²) in [6, 6.07) is 5.18. The van der Waals surface area contributed by atoms with Gasteiger partial charge in [-0.3, -0.25) is 0 Å². The second-order valence-electron chi connectivity index (χ2n) is 6.72. The number of benzene rings is 1. The summed E-state index contributed by atoms with van der Waals surface area (Å²) in [6.07, 6.45) is 6.19. The van der Waals surface area contributed by atoms with Crippen LogP contribution in [0.25, 0.3) is 0 Å². The summed E-state index contributed by atoms with van der Waals surface area (Å²) in [5, 5.41) is 14.1. The molecule has 0 unspecified atom stereocenters. The summed E-state index contributed by atoms with van der Waals surface area (Å²) >= 11 is 3.39. The van der Waals surface area contributed by atoms with E-state index in [1.807, 2.05) is 0 Å². The zero-order chi connectivity index (χ0) is 18.6. The van der Waals surface area contributed by atoms with Crippen LogP contribution in [0.3, 0.4) is 0 Å². The maximum atomic E-state index is 9.91. The van der Waals surface area contributed by atoms with Gasteiger partial charge in [-0.15, -0.1) is 0 Å². The highest BCUT2D eigenvalue weighted by Crippen LogP contribution is 2.23. The molecule has 2 fully saturated rings. The topological polar surface area (TPSA) is 89.8 Å². The molecule has 0 bridgehead atoms. The van der Waals surface area contributed by atoms with Gasteiger partial charge in [0, 0.05) is 36.2 Å². The Morgan fingerprint density at radius 1 is 0.963 bits per heavy atom. The van der Waals surface area contributed by atoms with Crippen LogP contribution in [0.2, 0.25) is 0 Å². The number of phenolic OH excluding ortho intramolecular Hbond substituents is 1. The van der Waals surface area contributed by atoms with Crippen LogP contribution >= 0.6 is 15.9 Å². The van der Waals surface area contributed by atoms with E-state index < -0.39 is 0 Å². The molecule has 2 aliphatic rings. The van der Waals surface area contributed by atoms with Gasteiger partial charge in [-0.05, 0) is 43.9 Å². The average molecular weight is 432 g/mol. The van der Waals surface area contributed by atoms with E-state index in [9.17, 15) is 5.11 Å². The van der Waals surface area contributed by atoms with E-state index in [2.05, 4.69) is 51.2 Å². The second-order valence-corrected chi connectivity index (χ2v) is 7.64. The van der Waals surface area contributed by atoms with Gasteiger partial charge in [0.15, 0.2) is 0 Å². The lowest BCUT2D eigenvalue weighted by Crippen LogP contribution is -2.25. The number of nitrogens with one attached hydrogen (secondary N) is 1. The fourth-order valence-corrected chi connectivity index (χ4v) is 3.69. The Hall–Kier alpha value is -2.42. The van der Waals surface area contributed by atoms with Crippen LogP contribution < -0.4 is 15.2 Å². The van der Waals surface area contributed by atoms with Gasteiger partial charge in [-0.2, -0.15) is 20.1 Å². The summed E-state index contributed by atoms with van der Waals surface area (Å²) < 4.78 is 0.870. The SMILES string of the molecule is Oc1ccc(Br)cc1/C=N/Nc1nc(N2CCCC2)nc(N2CCCC2)n1. The quantitative estimate of drug-likeness (QED) is 0.555. The van der Waals surface area contributed by atoms with E-state index in [0.717, 1.165) is 56.3 Å². The maximum absolute atomic E-state index is 9.91. The number of rotatable bonds is 5. The first-order chi connectivity index (χ1) is 13.2. The van der Waals surface area contributed by atoms with Crippen LogP contribution in [0.5, 0.6) is 5.75 Å². The van der Waals surface area contributed by atoms with E-state index in [1.165, 1.54) is 0 Å². The van der Waals surface area contributed by atoms with E-state index >= 15 is 0 Å². The number of nitrogens with zero attached hydrogens (tertiary/aromatic N) is 6. The minimum Gasteiger partial charge on any atom is -0.507 e. The molecule has 0 amide bonds. The Morgan fingerprint density at radius 3 is 2.15 bits per heavy atom. The number of anilines is 3. The van der Waals surface area contributed by atoms with Gasteiger partial charge >= 0.3 is 0 Å². The van der Waals surface area contributed by atoms with Crippen LogP contribution in [0.1, 0.15) is 31.2 Å². The van der Waals surface area contributed by atoms with E-state index in [1.54, 1.807) is 24.4 Å². The second kappa shape index (κ2) is 8.08. The molecular formula is C18H22BrN7O. The first kappa shape index (κ1) is 18.0. The minimum atomic E-state index is 0.162. The number of phenols is 1. The largest absolute Gasteiger partial charge is 0.507 e. The lowest BCUT2D eigenvalue weighted by atomic mass is 10.2. The highest BCUT2D eigenvalue weighted by atomic mass is 79.9. The molecule has 0 spiro atoms. The van der Waals surface area contributed by atoms with Crippen LogP contribution in [0.4, 0.5) is 17.8 Å². The normalized spacial score (nSPS) is 17.2. The summed E-state index contributed by atoms with van der Waals surface area (Å²) in [6.45, 7) is 3.88. The number of aromatic hydroxyl groups is 1. The average Bonchev–Trinajstić information content (AvgIpc) is 3.38. The minimum absolute atomic E-state index is 0.162. The van der Waals surface area contributed by atoms with Crippen molar-refractivity contribution in [3.05, 3.63) is 28.2 Å². The molecule has 8 nitrogen and oxygen atoms in total. The van der Waals surface area contributed by atoms with Gasteiger partial charge in [0.05, 0.1) is 6.21 Å². The first-order valence-corrected chi connectivity index (χ1v) is 10.0. The lowest BCUT2D eigenvalue weighted by Gasteiger charge is -2.20. The van der Waals surface area contributed by atoms with Gasteiger partial charge in [-0.1, -0.05) is 15.9 Å². The molecule has 142 valence electrons. The van der Waals surface area contributed by atoms with Crippen molar-refractivity contribution in [3.8, 4) is 5.75 Å². The van der Waals surface area contributed by atoms with Crippen molar-refractivity contribution in [2.24, 2.45) is 5.10 Å². The molecule has 1 aromatic heterocycles.